The molecule has 0 unspecified atom stereocenters. The molecular formula is C13H7F2NO. The number of ether oxygens (including phenoxy) is 1. The highest BCUT2D eigenvalue weighted by Crippen LogP contribution is 2.23. The number of halogens is 2. The lowest BCUT2D eigenvalue weighted by atomic mass is 10.2. The monoisotopic (exact) mass is 231 g/mol. The van der Waals surface area contributed by atoms with Crippen molar-refractivity contribution in [1.29, 1.82) is 5.26 Å². The molecule has 2 aromatic carbocycles. The van der Waals surface area contributed by atoms with Crippen molar-refractivity contribution in [3.8, 4) is 17.6 Å². The smallest absolute Gasteiger partial charge is 0.133 e. The molecule has 2 aromatic rings. The molecule has 0 bridgehead atoms. The Balaban J connectivity index is 2.22. The van der Waals surface area contributed by atoms with Crippen LogP contribution in [0.25, 0.3) is 0 Å². The first-order valence-corrected chi connectivity index (χ1v) is 4.81. The summed E-state index contributed by atoms with van der Waals surface area (Å²) >= 11 is 0. The van der Waals surface area contributed by atoms with Crippen molar-refractivity contribution in [2.24, 2.45) is 0 Å². The summed E-state index contributed by atoms with van der Waals surface area (Å²) in [5, 5.41) is 8.60. The van der Waals surface area contributed by atoms with Crippen molar-refractivity contribution in [2.75, 3.05) is 0 Å². The van der Waals surface area contributed by atoms with Gasteiger partial charge in [0.05, 0.1) is 11.6 Å². The lowest BCUT2D eigenvalue weighted by molar-refractivity contribution is 0.468. The molecule has 4 heteroatoms. The minimum Gasteiger partial charge on any atom is -0.457 e. The molecule has 0 heterocycles. The molecule has 0 amide bonds. The average molecular weight is 231 g/mol. The Hall–Kier alpha value is -2.41. The topological polar surface area (TPSA) is 33.0 Å². The standard InChI is InChI=1S/C13H7F2NO/c14-10-5-11(15)7-13(6-10)17-12-3-1-9(8-16)2-4-12/h1-7H. The molecule has 0 aromatic heterocycles. The Kier molecular flexibility index (Phi) is 3.01. The maximum absolute atomic E-state index is 12.9. The van der Waals surface area contributed by atoms with Gasteiger partial charge in [0.2, 0.25) is 0 Å². The van der Waals surface area contributed by atoms with Crippen molar-refractivity contribution in [3.05, 3.63) is 59.7 Å². The van der Waals surface area contributed by atoms with Gasteiger partial charge in [-0.05, 0) is 24.3 Å². The normalized spacial score (nSPS) is 9.71. The highest BCUT2D eigenvalue weighted by Gasteiger charge is 2.03. The van der Waals surface area contributed by atoms with E-state index in [0.717, 1.165) is 18.2 Å². The van der Waals surface area contributed by atoms with E-state index in [4.69, 9.17) is 10.00 Å². The second kappa shape index (κ2) is 4.62. The predicted molar refractivity (Wildman–Crippen MR) is 57.6 cm³/mol. The van der Waals surface area contributed by atoms with Crippen LogP contribution in [0, 0.1) is 23.0 Å². The summed E-state index contributed by atoms with van der Waals surface area (Å²) < 4.78 is 31.0. The number of nitriles is 1. The van der Waals surface area contributed by atoms with Gasteiger partial charge in [0.1, 0.15) is 23.1 Å². The summed E-state index contributed by atoms with van der Waals surface area (Å²) in [4.78, 5) is 0. The van der Waals surface area contributed by atoms with E-state index in [9.17, 15) is 8.78 Å². The zero-order valence-electron chi connectivity index (χ0n) is 8.65. The van der Waals surface area contributed by atoms with Gasteiger partial charge in [-0.25, -0.2) is 8.78 Å². The molecule has 0 aliphatic carbocycles. The SMILES string of the molecule is N#Cc1ccc(Oc2cc(F)cc(F)c2)cc1. The first-order chi connectivity index (χ1) is 8.17. The number of rotatable bonds is 2. The Morgan fingerprint density at radius 2 is 1.47 bits per heavy atom. The molecule has 0 saturated carbocycles. The van der Waals surface area contributed by atoms with Gasteiger partial charge in [-0.2, -0.15) is 5.26 Å². The quantitative estimate of drug-likeness (QED) is 0.790. The van der Waals surface area contributed by atoms with Crippen molar-refractivity contribution in [2.45, 2.75) is 0 Å². The zero-order chi connectivity index (χ0) is 12.3. The molecule has 0 atom stereocenters. The third-order valence-corrected chi connectivity index (χ3v) is 2.06. The van der Waals surface area contributed by atoms with Crippen LogP contribution in [0.5, 0.6) is 11.5 Å². The molecule has 0 aliphatic heterocycles. The Morgan fingerprint density at radius 1 is 0.882 bits per heavy atom. The number of hydrogen-bond acceptors (Lipinski definition) is 2. The van der Waals surface area contributed by atoms with Crippen LogP contribution in [0.15, 0.2) is 42.5 Å². The van der Waals surface area contributed by atoms with Crippen LogP contribution < -0.4 is 4.74 Å². The number of benzene rings is 2. The molecule has 2 nitrogen and oxygen atoms in total. The lowest BCUT2D eigenvalue weighted by Gasteiger charge is -2.05. The second-order valence-corrected chi connectivity index (χ2v) is 3.34. The fourth-order valence-corrected chi connectivity index (χ4v) is 1.32. The van der Waals surface area contributed by atoms with Crippen LogP contribution in [0.2, 0.25) is 0 Å². The van der Waals surface area contributed by atoms with Gasteiger partial charge in [0.15, 0.2) is 0 Å². The zero-order valence-corrected chi connectivity index (χ0v) is 8.65. The summed E-state index contributed by atoms with van der Waals surface area (Å²) in [6, 6.07) is 11.1. The maximum Gasteiger partial charge on any atom is 0.133 e. The van der Waals surface area contributed by atoms with E-state index in [2.05, 4.69) is 0 Å². The summed E-state index contributed by atoms with van der Waals surface area (Å²) in [6.07, 6.45) is 0. The Labute approximate surface area is 96.7 Å². The maximum atomic E-state index is 12.9. The van der Waals surface area contributed by atoms with Crippen molar-refractivity contribution >= 4 is 0 Å². The van der Waals surface area contributed by atoms with E-state index in [-0.39, 0.29) is 5.75 Å². The number of nitrogens with zero attached hydrogens (tertiary/aromatic N) is 1. The van der Waals surface area contributed by atoms with Crippen LogP contribution in [0.1, 0.15) is 5.56 Å². The number of hydrogen-bond donors (Lipinski definition) is 0. The molecule has 17 heavy (non-hydrogen) atoms. The first kappa shape index (κ1) is 11.1. The molecule has 0 radical (unpaired) electrons. The minimum absolute atomic E-state index is 0.0761. The Bertz CT molecular complexity index is 553. The molecule has 0 aliphatic rings. The molecule has 84 valence electrons. The van der Waals surface area contributed by atoms with Crippen LogP contribution in [-0.4, -0.2) is 0 Å². The van der Waals surface area contributed by atoms with Gasteiger partial charge in [-0.15, -0.1) is 0 Å². The van der Waals surface area contributed by atoms with E-state index < -0.39 is 11.6 Å². The highest BCUT2D eigenvalue weighted by atomic mass is 19.1. The van der Waals surface area contributed by atoms with E-state index in [1.165, 1.54) is 0 Å². The molecular weight excluding hydrogens is 224 g/mol. The van der Waals surface area contributed by atoms with Gasteiger partial charge in [0, 0.05) is 18.2 Å². The van der Waals surface area contributed by atoms with Gasteiger partial charge < -0.3 is 4.74 Å². The van der Waals surface area contributed by atoms with Gasteiger partial charge in [-0.3, -0.25) is 0 Å². The summed E-state index contributed by atoms with van der Waals surface area (Å²) in [6.45, 7) is 0. The van der Waals surface area contributed by atoms with Crippen LogP contribution in [-0.2, 0) is 0 Å². The van der Waals surface area contributed by atoms with E-state index in [1.807, 2.05) is 6.07 Å². The third-order valence-electron chi connectivity index (χ3n) is 2.06. The first-order valence-electron chi connectivity index (χ1n) is 4.81. The van der Waals surface area contributed by atoms with Crippen molar-refractivity contribution in [1.82, 2.24) is 0 Å². The molecule has 0 saturated heterocycles. The largest absolute Gasteiger partial charge is 0.457 e. The van der Waals surface area contributed by atoms with Gasteiger partial charge >= 0.3 is 0 Å². The summed E-state index contributed by atoms with van der Waals surface area (Å²) in [5.74, 6) is -0.913. The van der Waals surface area contributed by atoms with E-state index in [1.54, 1.807) is 24.3 Å². The van der Waals surface area contributed by atoms with Gasteiger partial charge in [-0.1, -0.05) is 0 Å². The molecule has 0 N–H and O–H groups in total. The van der Waals surface area contributed by atoms with Gasteiger partial charge in [0.25, 0.3) is 0 Å². The molecule has 0 spiro atoms. The third kappa shape index (κ3) is 2.79. The van der Waals surface area contributed by atoms with E-state index >= 15 is 0 Å². The Morgan fingerprint density at radius 3 is 2.00 bits per heavy atom. The molecule has 0 fully saturated rings. The van der Waals surface area contributed by atoms with Crippen molar-refractivity contribution < 1.29 is 13.5 Å². The predicted octanol–water partition coefficient (Wildman–Crippen LogP) is 3.63. The summed E-state index contributed by atoms with van der Waals surface area (Å²) in [5.41, 5.74) is 0.489. The van der Waals surface area contributed by atoms with Crippen LogP contribution in [0.3, 0.4) is 0 Å². The second-order valence-electron chi connectivity index (χ2n) is 3.34. The lowest BCUT2D eigenvalue weighted by Crippen LogP contribution is -1.87. The van der Waals surface area contributed by atoms with E-state index in [0.29, 0.717) is 11.3 Å². The van der Waals surface area contributed by atoms with Crippen LogP contribution in [0.4, 0.5) is 8.78 Å². The highest BCUT2D eigenvalue weighted by molar-refractivity contribution is 5.37. The fourth-order valence-electron chi connectivity index (χ4n) is 1.32. The molecule has 2 rings (SSSR count). The van der Waals surface area contributed by atoms with Crippen molar-refractivity contribution in [3.63, 3.8) is 0 Å². The minimum atomic E-state index is -0.700. The average Bonchev–Trinajstić information content (AvgIpc) is 2.28. The van der Waals surface area contributed by atoms with Crippen LogP contribution >= 0.6 is 0 Å². The fraction of sp³-hybridized carbons (Fsp3) is 0. The summed E-state index contributed by atoms with van der Waals surface area (Å²) in [7, 11) is 0.